The second-order valence-electron chi connectivity index (χ2n) is 6.22. The van der Waals surface area contributed by atoms with Crippen LogP contribution < -0.4 is 10.6 Å². The van der Waals surface area contributed by atoms with E-state index in [1.807, 2.05) is 0 Å². The van der Waals surface area contributed by atoms with Gasteiger partial charge in [-0.05, 0) is 19.1 Å². The lowest BCUT2D eigenvalue weighted by Crippen LogP contribution is -2.54. The molecule has 1 fully saturated rings. The molecule has 1 radical (unpaired) electrons. The molecule has 0 aromatic heterocycles. The lowest BCUT2D eigenvalue weighted by molar-refractivity contribution is -0.131. The molecule has 9 heteroatoms. The van der Waals surface area contributed by atoms with Gasteiger partial charge in [0, 0.05) is 38.7 Å². The van der Waals surface area contributed by atoms with E-state index in [1.165, 1.54) is 16.8 Å². The summed E-state index contributed by atoms with van der Waals surface area (Å²) in [4.78, 5) is 43.6. The van der Waals surface area contributed by atoms with Gasteiger partial charge in [-0.3, -0.25) is 9.59 Å². The van der Waals surface area contributed by atoms with Crippen molar-refractivity contribution in [2.24, 2.45) is 10.7 Å². The number of nitrogens with zero attached hydrogens (tertiary/aromatic N) is 3. The first kappa shape index (κ1) is 20.5. The number of likely N-dealkylation sites (tertiary alicyclic amines) is 1. The molecule has 0 aliphatic carbocycles. The van der Waals surface area contributed by atoms with Gasteiger partial charge in [0.05, 0.1) is 6.61 Å². The van der Waals surface area contributed by atoms with Crippen molar-refractivity contribution in [3.8, 4) is 0 Å². The Morgan fingerprint density at radius 1 is 1.22 bits per heavy atom. The molecule has 0 bridgehead atoms. The van der Waals surface area contributed by atoms with Crippen molar-refractivity contribution in [2.75, 3.05) is 31.6 Å². The van der Waals surface area contributed by atoms with E-state index in [9.17, 15) is 19.5 Å². The number of amides is 3. The largest absolute Gasteiger partial charge is 0.448 e. The standard InChI is InChI=1S/C18H23N4O5/c1-3-27-17(25)20-14(15(23)21(2)13-7-5-4-6-8-13)16(24)22-11-9-18(19,26)10-12-22/h4-8H,3,9-12,19H2,1-2H3. The average Bonchev–Trinajstić information content (AvgIpc) is 2.65. The van der Waals surface area contributed by atoms with Crippen molar-refractivity contribution < 1.29 is 24.2 Å². The van der Waals surface area contributed by atoms with Crippen molar-refractivity contribution in [3.63, 3.8) is 0 Å². The number of ether oxygens (including phenoxy) is 1. The van der Waals surface area contributed by atoms with Gasteiger partial charge in [0.15, 0.2) is 5.72 Å². The number of hydrogen-bond acceptors (Lipinski definition) is 5. The van der Waals surface area contributed by atoms with Gasteiger partial charge in [0.2, 0.25) is 5.71 Å². The van der Waals surface area contributed by atoms with Gasteiger partial charge in [-0.2, -0.15) is 4.99 Å². The van der Waals surface area contributed by atoms with Crippen LogP contribution in [0.1, 0.15) is 19.8 Å². The molecule has 1 aliphatic heterocycles. The van der Waals surface area contributed by atoms with E-state index in [-0.39, 0.29) is 32.5 Å². The molecule has 1 aromatic rings. The third-order valence-electron chi connectivity index (χ3n) is 4.22. The molecular weight excluding hydrogens is 352 g/mol. The van der Waals surface area contributed by atoms with Gasteiger partial charge in [-0.25, -0.2) is 9.90 Å². The molecule has 1 saturated heterocycles. The van der Waals surface area contributed by atoms with E-state index >= 15 is 0 Å². The number of para-hydroxylation sites is 1. The SMILES string of the molecule is CCOC(=O)N=C(C(=O)N1CCC(N)([O])CC1)C(=O)N(C)c1ccccc1. The zero-order valence-electron chi connectivity index (χ0n) is 15.4. The quantitative estimate of drug-likeness (QED) is 0.476. The summed E-state index contributed by atoms with van der Waals surface area (Å²) < 4.78 is 4.74. The lowest BCUT2D eigenvalue weighted by Gasteiger charge is -2.34. The first-order valence-corrected chi connectivity index (χ1v) is 8.62. The highest BCUT2D eigenvalue weighted by Gasteiger charge is 2.36. The van der Waals surface area contributed by atoms with Crippen LogP contribution in [0.5, 0.6) is 0 Å². The Kier molecular flexibility index (Phi) is 6.65. The predicted molar refractivity (Wildman–Crippen MR) is 97.7 cm³/mol. The molecule has 0 saturated carbocycles. The first-order valence-electron chi connectivity index (χ1n) is 8.62. The van der Waals surface area contributed by atoms with E-state index in [4.69, 9.17) is 10.5 Å². The van der Waals surface area contributed by atoms with Gasteiger partial charge < -0.3 is 20.3 Å². The van der Waals surface area contributed by atoms with Crippen LogP contribution in [0.25, 0.3) is 0 Å². The molecule has 0 spiro atoms. The Bertz CT molecular complexity index is 723. The average molecular weight is 375 g/mol. The molecule has 9 nitrogen and oxygen atoms in total. The number of anilines is 1. The Morgan fingerprint density at radius 3 is 2.37 bits per heavy atom. The topological polar surface area (TPSA) is 125 Å². The third kappa shape index (κ3) is 5.35. The summed E-state index contributed by atoms with van der Waals surface area (Å²) in [5, 5.41) is 11.8. The van der Waals surface area contributed by atoms with Crippen LogP contribution in [0, 0.1) is 0 Å². The third-order valence-corrected chi connectivity index (χ3v) is 4.22. The van der Waals surface area contributed by atoms with Crippen molar-refractivity contribution in [3.05, 3.63) is 30.3 Å². The van der Waals surface area contributed by atoms with Crippen LogP contribution in [-0.4, -0.2) is 61.0 Å². The molecule has 0 atom stereocenters. The van der Waals surface area contributed by atoms with E-state index in [2.05, 4.69) is 4.99 Å². The minimum absolute atomic E-state index is 0.0497. The molecule has 1 aromatic carbocycles. The summed E-state index contributed by atoms with van der Waals surface area (Å²) in [6.07, 6.45) is -0.924. The maximum Gasteiger partial charge on any atom is 0.434 e. The molecule has 0 unspecified atom stereocenters. The zero-order chi connectivity index (χ0) is 20.0. The minimum Gasteiger partial charge on any atom is -0.448 e. The van der Waals surface area contributed by atoms with Gasteiger partial charge >= 0.3 is 6.09 Å². The van der Waals surface area contributed by atoms with Crippen LogP contribution in [0.4, 0.5) is 10.5 Å². The van der Waals surface area contributed by atoms with Gasteiger partial charge in [-0.1, -0.05) is 18.2 Å². The van der Waals surface area contributed by atoms with E-state index in [1.54, 1.807) is 37.3 Å². The predicted octanol–water partition coefficient (Wildman–Crippen LogP) is 0.955. The molecular formula is C18H23N4O5. The maximum absolute atomic E-state index is 12.8. The van der Waals surface area contributed by atoms with Crippen LogP contribution >= 0.6 is 0 Å². The number of piperidine rings is 1. The Labute approximate surface area is 157 Å². The fourth-order valence-electron chi connectivity index (χ4n) is 2.60. The summed E-state index contributed by atoms with van der Waals surface area (Å²) in [6, 6.07) is 8.64. The van der Waals surface area contributed by atoms with Crippen molar-refractivity contribution in [1.29, 1.82) is 0 Å². The van der Waals surface area contributed by atoms with Gasteiger partial charge in [-0.15, -0.1) is 0 Å². The summed E-state index contributed by atoms with van der Waals surface area (Å²) in [5.41, 5.74) is 3.92. The fourth-order valence-corrected chi connectivity index (χ4v) is 2.60. The molecule has 1 aliphatic rings. The van der Waals surface area contributed by atoms with Gasteiger partial charge in [0.25, 0.3) is 11.8 Å². The molecule has 1 heterocycles. The summed E-state index contributed by atoms with van der Waals surface area (Å²) in [7, 11) is 1.48. The van der Waals surface area contributed by atoms with E-state index in [0.717, 1.165) is 0 Å². The zero-order valence-corrected chi connectivity index (χ0v) is 15.4. The number of hydrogen-bond donors (Lipinski definition) is 1. The molecule has 2 rings (SSSR count). The summed E-state index contributed by atoms with van der Waals surface area (Å²) >= 11 is 0. The number of nitrogens with two attached hydrogens (primary N) is 1. The molecule has 145 valence electrons. The van der Waals surface area contributed by atoms with Crippen molar-refractivity contribution >= 4 is 29.3 Å². The smallest absolute Gasteiger partial charge is 0.434 e. The minimum atomic E-state index is -1.60. The number of benzene rings is 1. The maximum atomic E-state index is 12.8. The second-order valence-corrected chi connectivity index (χ2v) is 6.22. The van der Waals surface area contributed by atoms with Gasteiger partial charge in [0.1, 0.15) is 0 Å². The number of rotatable bonds is 4. The number of aliphatic imine (C=N–C) groups is 1. The first-order chi connectivity index (χ1) is 12.7. The summed E-state index contributed by atoms with van der Waals surface area (Å²) in [5.74, 6) is -1.47. The van der Waals surface area contributed by atoms with E-state index < -0.39 is 29.3 Å². The molecule has 3 amide bonds. The van der Waals surface area contributed by atoms with Crippen LogP contribution in [0.2, 0.25) is 0 Å². The van der Waals surface area contributed by atoms with Crippen molar-refractivity contribution in [2.45, 2.75) is 25.5 Å². The Morgan fingerprint density at radius 2 is 1.81 bits per heavy atom. The normalized spacial score (nSPS) is 16.6. The van der Waals surface area contributed by atoms with Crippen LogP contribution in [0.3, 0.4) is 0 Å². The molecule has 27 heavy (non-hydrogen) atoms. The highest BCUT2D eigenvalue weighted by Crippen LogP contribution is 2.18. The number of carbonyl (C=O) groups excluding carboxylic acids is 3. The van der Waals surface area contributed by atoms with Crippen molar-refractivity contribution in [1.82, 2.24) is 4.90 Å². The van der Waals surface area contributed by atoms with E-state index in [0.29, 0.717) is 5.69 Å². The highest BCUT2D eigenvalue weighted by atomic mass is 16.5. The Hall–Kier alpha value is -2.78. The number of carbonyl (C=O) groups is 3. The van der Waals surface area contributed by atoms with Crippen LogP contribution in [-0.2, 0) is 19.4 Å². The summed E-state index contributed by atoms with van der Waals surface area (Å²) in [6.45, 7) is 1.82. The Balaban J connectivity index is 2.27. The highest BCUT2D eigenvalue weighted by molar-refractivity contribution is 6.68. The fraction of sp³-hybridized carbons (Fsp3) is 0.444. The second kappa shape index (κ2) is 8.74. The lowest BCUT2D eigenvalue weighted by atomic mass is 10.0. The van der Waals surface area contributed by atoms with Crippen LogP contribution in [0.15, 0.2) is 35.3 Å². The molecule has 2 N–H and O–H groups in total. The monoisotopic (exact) mass is 375 g/mol.